The van der Waals surface area contributed by atoms with Gasteiger partial charge in [0.05, 0.1) is 35.2 Å². The molecule has 0 spiro atoms. The van der Waals surface area contributed by atoms with E-state index in [1.54, 1.807) is 21.5 Å². The van der Waals surface area contributed by atoms with Gasteiger partial charge in [0, 0.05) is 13.2 Å². The van der Waals surface area contributed by atoms with E-state index >= 15 is 0 Å². The third kappa shape index (κ3) is 2.51. The van der Waals surface area contributed by atoms with Gasteiger partial charge in [-0.2, -0.15) is 5.10 Å². The molecule has 2 rings (SSSR count). The highest BCUT2D eigenvalue weighted by Crippen LogP contribution is 2.23. The minimum absolute atomic E-state index is 0.410. The van der Waals surface area contributed by atoms with Crippen molar-refractivity contribution in [3.63, 3.8) is 0 Å². The zero-order chi connectivity index (χ0) is 14.2. The second-order valence-electron chi connectivity index (χ2n) is 4.25. The summed E-state index contributed by atoms with van der Waals surface area (Å²) in [5.41, 5.74) is 8.55. The summed E-state index contributed by atoms with van der Waals surface area (Å²) in [6.45, 7) is 2.40. The normalized spacial score (nSPS) is 10.7. The molecule has 2 N–H and O–H groups in total. The first-order valence-corrected chi connectivity index (χ1v) is 6.45. The number of hydrogen-bond acceptors (Lipinski definition) is 4. The third-order valence-corrected chi connectivity index (χ3v) is 3.93. The molecule has 6 nitrogen and oxygen atoms in total. The van der Waals surface area contributed by atoms with E-state index in [9.17, 15) is 4.79 Å². The number of hydrogen-bond donors (Lipinski definition) is 1. The van der Waals surface area contributed by atoms with E-state index < -0.39 is 5.97 Å². The highest BCUT2D eigenvalue weighted by atomic mass is 79.9. The van der Waals surface area contributed by atoms with Crippen molar-refractivity contribution < 1.29 is 9.53 Å². The lowest BCUT2D eigenvalue weighted by Gasteiger charge is -2.08. The molecule has 0 aromatic carbocycles. The molecule has 2 heterocycles. The van der Waals surface area contributed by atoms with Gasteiger partial charge in [-0.05, 0) is 28.9 Å². The molecule has 0 amide bonds. The molecule has 2 aromatic rings. The molecule has 0 aliphatic rings. The van der Waals surface area contributed by atoms with Gasteiger partial charge in [-0.25, -0.2) is 4.79 Å². The Kier molecular flexibility index (Phi) is 3.66. The zero-order valence-corrected chi connectivity index (χ0v) is 12.6. The van der Waals surface area contributed by atoms with E-state index in [-0.39, 0.29) is 0 Å². The fourth-order valence-corrected chi connectivity index (χ4v) is 2.41. The van der Waals surface area contributed by atoms with E-state index in [0.29, 0.717) is 17.9 Å². The molecule has 2 aromatic heterocycles. The summed E-state index contributed by atoms with van der Waals surface area (Å²) in [6, 6.07) is 1.60. The molecule has 0 saturated carbocycles. The summed E-state index contributed by atoms with van der Waals surface area (Å²) in [4.78, 5) is 11.7. The first-order valence-electron chi connectivity index (χ1n) is 5.66. The molecule has 0 fully saturated rings. The molecular weight excluding hydrogens is 312 g/mol. The number of halogens is 1. The molecule has 0 atom stereocenters. The van der Waals surface area contributed by atoms with E-state index in [2.05, 4.69) is 21.0 Å². The Bertz CT molecular complexity index is 630. The van der Waals surface area contributed by atoms with E-state index in [1.165, 1.54) is 7.11 Å². The maximum absolute atomic E-state index is 11.7. The molecule has 0 saturated heterocycles. The minimum Gasteiger partial charge on any atom is -0.464 e. The number of carbonyl (C=O) groups excluding carboxylic acids is 1. The van der Waals surface area contributed by atoms with Crippen LogP contribution < -0.4 is 5.73 Å². The fourth-order valence-electron chi connectivity index (χ4n) is 1.95. The topological polar surface area (TPSA) is 75.1 Å². The van der Waals surface area contributed by atoms with Crippen molar-refractivity contribution in [2.45, 2.75) is 13.5 Å². The van der Waals surface area contributed by atoms with Gasteiger partial charge in [-0.1, -0.05) is 0 Å². The summed E-state index contributed by atoms with van der Waals surface area (Å²) < 4.78 is 9.20. The van der Waals surface area contributed by atoms with E-state index in [0.717, 1.165) is 15.9 Å². The van der Waals surface area contributed by atoms with Crippen molar-refractivity contribution in [2.24, 2.45) is 7.05 Å². The van der Waals surface area contributed by atoms with Crippen LogP contribution in [0.4, 0.5) is 5.69 Å². The summed E-state index contributed by atoms with van der Waals surface area (Å²) >= 11 is 3.50. The van der Waals surface area contributed by atoms with Crippen LogP contribution in [0.15, 0.2) is 16.7 Å². The molecule has 0 radical (unpaired) electrons. The average molecular weight is 327 g/mol. The second-order valence-corrected chi connectivity index (χ2v) is 5.04. The number of aromatic nitrogens is 3. The van der Waals surface area contributed by atoms with Gasteiger partial charge in [-0.15, -0.1) is 0 Å². The van der Waals surface area contributed by atoms with Crippen LogP contribution in [0.2, 0.25) is 0 Å². The Morgan fingerprint density at radius 2 is 2.26 bits per heavy atom. The van der Waals surface area contributed by atoms with Crippen LogP contribution in [0, 0.1) is 6.92 Å². The Morgan fingerprint density at radius 3 is 2.79 bits per heavy atom. The quantitative estimate of drug-likeness (QED) is 0.871. The monoisotopic (exact) mass is 326 g/mol. The Labute approximate surface area is 119 Å². The van der Waals surface area contributed by atoms with Crippen LogP contribution in [0.1, 0.15) is 21.9 Å². The summed E-state index contributed by atoms with van der Waals surface area (Å²) in [7, 11) is 3.21. The average Bonchev–Trinajstić information content (AvgIpc) is 2.84. The number of methoxy groups -OCH3 is 1. The fraction of sp³-hybridized carbons (Fsp3) is 0.333. The van der Waals surface area contributed by atoms with Crippen molar-refractivity contribution in [3.05, 3.63) is 33.8 Å². The first kappa shape index (κ1) is 13.7. The standard InChI is InChI=1S/C12H15BrN4O2/c1-7-11(13)10(16(2)15-7)6-17-5-8(14)4-9(17)12(18)19-3/h4-5H,6,14H2,1-3H3. The second kappa shape index (κ2) is 5.08. The summed E-state index contributed by atoms with van der Waals surface area (Å²) in [6.07, 6.45) is 1.71. The van der Waals surface area contributed by atoms with Crippen molar-refractivity contribution in [1.82, 2.24) is 14.3 Å². The molecule has 0 aliphatic heterocycles. The zero-order valence-electron chi connectivity index (χ0n) is 11.0. The Balaban J connectivity index is 2.41. The SMILES string of the molecule is COC(=O)c1cc(N)cn1Cc1c(Br)c(C)nn1C. The van der Waals surface area contributed by atoms with E-state index in [4.69, 9.17) is 10.5 Å². The van der Waals surface area contributed by atoms with Crippen LogP contribution >= 0.6 is 15.9 Å². The lowest BCUT2D eigenvalue weighted by atomic mass is 10.3. The predicted molar refractivity (Wildman–Crippen MR) is 74.9 cm³/mol. The number of nitrogens with zero attached hydrogens (tertiary/aromatic N) is 3. The highest BCUT2D eigenvalue weighted by molar-refractivity contribution is 9.10. The Morgan fingerprint density at radius 1 is 1.58 bits per heavy atom. The first-order chi connectivity index (χ1) is 8.93. The molecule has 7 heteroatoms. The van der Waals surface area contributed by atoms with Gasteiger partial charge in [0.1, 0.15) is 5.69 Å². The Hall–Kier alpha value is -1.76. The smallest absolute Gasteiger partial charge is 0.354 e. The molecule has 102 valence electrons. The maximum Gasteiger partial charge on any atom is 0.354 e. The van der Waals surface area contributed by atoms with Crippen LogP contribution in [0.25, 0.3) is 0 Å². The minimum atomic E-state index is -0.410. The van der Waals surface area contributed by atoms with Crippen molar-refractivity contribution in [3.8, 4) is 0 Å². The number of rotatable bonds is 3. The van der Waals surface area contributed by atoms with Gasteiger partial charge in [0.15, 0.2) is 0 Å². The largest absolute Gasteiger partial charge is 0.464 e. The van der Waals surface area contributed by atoms with Crippen LogP contribution in [-0.4, -0.2) is 27.4 Å². The van der Waals surface area contributed by atoms with Gasteiger partial charge < -0.3 is 15.0 Å². The van der Waals surface area contributed by atoms with Gasteiger partial charge in [0.25, 0.3) is 0 Å². The van der Waals surface area contributed by atoms with E-state index in [1.807, 2.05) is 14.0 Å². The van der Waals surface area contributed by atoms with Crippen molar-refractivity contribution >= 4 is 27.6 Å². The van der Waals surface area contributed by atoms with Gasteiger partial charge in [-0.3, -0.25) is 4.68 Å². The van der Waals surface area contributed by atoms with Crippen LogP contribution in [-0.2, 0) is 18.3 Å². The number of carbonyl (C=O) groups is 1. The number of nitrogens with two attached hydrogens (primary N) is 1. The molecule has 0 bridgehead atoms. The number of anilines is 1. The van der Waals surface area contributed by atoms with Gasteiger partial charge >= 0.3 is 5.97 Å². The van der Waals surface area contributed by atoms with Crippen LogP contribution in [0.5, 0.6) is 0 Å². The lowest BCUT2D eigenvalue weighted by molar-refractivity contribution is 0.0589. The molecule has 19 heavy (non-hydrogen) atoms. The van der Waals surface area contributed by atoms with Crippen LogP contribution in [0.3, 0.4) is 0 Å². The molecule has 0 unspecified atom stereocenters. The number of ether oxygens (including phenoxy) is 1. The number of aryl methyl sites for hydroxylation is 2. The molecule has 0 aliphatic carbocycles. The summed E-state index contributed by atoms with van der Waals surface area (Å²) in [5, 5.41) is 4.32. The predicted octanol–water partition coefficient (Wildman–Crippen LogP) is 1.71. The highest BCUT2D eigenvalue weighted by Gasteiger charge is 2.17. The van der Waals surface area contributed by atoms with Crippen molar-refractivity contribution in [1.29, 1.82) is 0 Å². The maximum atomic E-state index is 11.7. The lowest BCUT2D eigenvalue weighted by Crippen LogP contribution is -2.12. The number of esters is 1. The summed E-state index contributed by atoms with van der Waals surface area (Å²) in [5.74, 6) is -0.410. The number of nitrogen functional groups attached to an aromatic ring is 1. The van der Waals surface area contributed by atoms with Crippen molar-refractivity contribution in [2.75, 3.05) is 12.8 Å². The third-order valence-electron chi connectivity index (χ3n) is 2.89. The molecular formula is C12H15BrN4O2. The van der Waals surface area contributed by atoms with Gasteiger partial charge in [0.2, 0.25) is 0 Å².